The van der Waals surface area contributed by atoms with Crippen molar-refractivity contribution in [1.82, 2.24) is 14.9 Å². The fraction of sp³-hybridized carbons (Fsp3) is 0.154. The van der Waals surface area contributed by atoms with Gasteiger partial charge in [0, 0.05) is 31.5 Å². The predicted molar refractivity (Wildman–Crippen MR) is 134 cm³/mol. The quantitative estimate of drug-likeness (QED) is 0.304. The van der Waals surface area contributed by atoms with Gasteiger partial charge >= 0.3 is 5.69 Å². The number of aromatic nitrogens is 2. The Labute approximate surface area is 206 Å². The molecule has 8 nitrogen and oxygen atoms in total. The highest BCUT2D eigenvalue weighted by molar-refractivity contribution is 6.33. The Bertz CT molecular complexity index is 1380. The molecule has 0 atom stereocenters. The molecule has 4 aromatic rings. The molecule has 0 aliphatic carbocycles. The second-order valence-electron chi connectivity index (χ2n) is 8.31. The molecule has 0 saturated heterocycles. The lowest BCUT2D eigenvalue weighted by molar-refractivity contribution is -0.385. The van der Waals surface area contributed by atoms with Crippen molar-refractivity contribution in [2.45, 2.75) is 13.1 Å². The Kier molecular flexibility index (Phi) is 6.20. The molecule has 0 saturated carbocycles. The average molecular weight is 488 g/mol. The van der Waals surface area contributed by atoms with E-state index in [1.54, 1.807) is 17.3 Å². The van der Waals surface area contributed by atoms with Crippen LogP contribution in [-0.4, -0.2) is 38.8 Å². The van der Waals surface area contributed by atoms with Gasteiger partial charge in [0.05, 0.1) is 23.5 Å². The van der Waals surface area contributed by atoms with Crippen molar-refractivity contribution < 1.29 is 9.72 Å². The molecule has 0 radical (unpaired) electrons. The molecule has 1 N–H and O–H groups in total. The van der Waals surface area contributed by atoms with Gasteiger partial charge in [-0.1, -0.05) is 54.1 Å². The Hall–Kier alpha value is -4.17. The van der Waals surface area contributed by atoms with Gasteiger partial charge in [0.15, 0.2) is 0 Å². The molecular weight excluding hydrogens is 466 g/mol. The third-order valence-corrected chi connectivity index (χ3v) is 6.43. The number of imidazole rings is 1. The topological polar surface area (TPSA) is 95.4 Å². The van der Waals surface area contributed by atoms with Crippen molar-refractivity contribution in [1.29, 1.82) is 0 Å². The zero-order chi connectivity index (χ0) is 24.4. The average Bonchev–Trinajstić information content (AvgIpc) is 3.31. The number of carbonyl (C=O) groups excluding carboxylic acids is 1. The number of nitrogens with zero attached hydrogens (tertiary/aromatic N) is 4. The highest BCUT2D eigenvalue weighted by Crippen LogP contribution is 2.34. The van der Waals surface area contributed by atoms with Crippen molar-refractivity contribution in [3.8, 4) is 11.1 Å². The van der Waals surface area contributed by atoms with Crippen LogP contribution in [0.1, 0.15) is 21.6 Å². The van der Waals surface area contributed by atoms with E-state index in [9.17, 15) is 14.9 Å². The van der Waals surface area contributed by atoms with E-state index in [0.717, 1.165) is 28.1 Å². The van der Waals surface area contributed by atoms with E-state index >= 15 is 0 Å². The monoisotopic (exact) mass is 487 g/mol. The SMILES string of the molecule is O=C(c1cccc(Cl)c1[N+](=O)[O-])N1CCN(Cc2c[nH]cn2)c2ccc(-c3ccccc3)cc2C1. The molecular formula is C26H22ClN5O3. The van der Waals surface area contributed by atoms with Crippen LogP contribution >= 0.6 is 11.6 Å². The normalized spacial score (nSPS) is 13.3. The fourth-order valence-electron chi connectivity index (χ4n) is 4.43. The second-order valence-corrected chi connectivity index (χ2v) is 8.72. The van der Waals surface area contributed by atoms with E-state index in [1.807, 2.05) is 36.5 Å². The molecule has 0 unspecified atom stereocenters. The lowest BCUT2D eigenvalue weighted by Crippen LogP contribution is -2.35. The fourth-order valence-corrected chi connectivity index (χ4v) is 4.68. The number of aromatic amines is 1. The molecule has 35 heavy (non-hydrogen) atoms. The van der Waals surface area contributed by atoms with Gasteiger partial charge in [-0.3, -0.25) is 14.9 Å². The second kappa shape index (κ2) is 9.60. The third kappa shape index (κ3) is 4.61. The third-order valence-electron chi connectivity index (χ3n) is 6.12. The van der Waals surface area contributed by atoms with Crippen molar-refractivity contribution >= 4 is 28.9 Å². The highest BCUT2D eigenvalue weighted by Gasteiger charge is 2.30. The summed E-state index contributed by atoms with van der Waals surface area (Å²) in [7, 11) is 0. The summed E-state index contributed by atoms with van der Waals surface area (Å²) in [5.74, 6) is -0.420. The smallest absolute Gasteiger partial charge is 0.300 e. The van der Waals surface area contributed by atoms with Gasteiger partial charge in [-0.2, -0.15) is 0 Å². The summed E-state index contributed by atoms with van der Waals surface area (Å²) in [6, 6.07) is 20.7. The Morgan fingerprint density at radius 3 is 2.63 bits per heavy atom. The Morgan fingerprint density at radius 2 is 1.89 bits per heavy atom. The maximum absolute atomic E-state index is 13.5. The maximum Gasteiger partial charge on any atom is 0.300 e. The van der Waals surface area contributed by atoms with Gasteiger partial charge in [-0.25, -0.2) is 4.98 Å². The number of carbonyl (C=O) groups is 1. The number of rotatable bonds is 5. The number of fused-ring (bicyclic) bond motifs is 1. The maximum atomic E-state index is 13.5. The Balaban J connectivity index is 1.54. The number of amides is 1. The summed E-state index contributed by atoms with van der Waals surface area (Å²) in [4.78, 5) is 35.8. The first-order chi connectivity index (χ1) is 17.0. The number of anilines is 1. The minimum Gasteiger partial charge on any atom is -0.364 e. The zero-order valence-corrected chi connectivity index (χ0v) is 19.5. The van der Waals surface area contributed by atoms with E-state index in [2.05, 4.69) is 33.1 Å². The van der Waals surface area contributed by atoms with Gasteiger partial charge in [-0.15, -0.1) is 0 Å². The molecule has 176 valence electrons. The first-order valence-electron chi connectivity index (χ1n) is 11.1. The summed E-state index contributed by atoms with van der Waals surface area (Å²) >= 11 is 6.08. The van der Waals surface area contributed by atoms with E-state index in [4.69, 9.17) is 11.6 Å². The van der Waals surface area contributed by atoms with Gasteiger partial charge in [0.1, 0.15) is 10.6 Å². The van der Waals surface area contributed by atoms with Crippen LogP contribution in [0.5, 0.6) is 0 Å². The van der Waals surface area contributed by atoms with Crippen LogP contribution in [0.4, 0.5) is 11.4 Å². The minimum absolute atomic E-state index is 0.0102. The molecule has 1 aliphatic heterocycles. The van der Waals surface area contributed by atoms with Crippen LogP contribution in [0.2, 0.25) is 5.02 Å². The number of H-pyrrole nitrogens is 1. The van der Waals surface area contributed by atoms with Crippen LogP contribution < -0.4 is 4.90 Å². The summed E-state index contributed by atoms with van der Waals surface area (Å²) in [6.07, 6.45) is 3.49. The first kappa shape index (κ1) is 22.6. The number of nitro groups is 1. The van der Waals surface area contributed by atoms with E-state index < -0.39 is 10.8 Å². The van der Waals surface area contributed by atoms with Crippen LogP contribution in [0, 0.1) is 10.1 Å². The summed E-state index contributed by atoms with van der Waals surface area (Å²) in [5.41, 5.74) is 4.57. The molecule has 3 aromatic carbocycles. The highest BCUT2D eigenvalue weighted by atomic mass is 35.5. The number of benzene rings is 3. The number of hydrogen-bond acceptors (Lipinski definition) is 5. The molecule has 0 spiro atoms. The van der Waals surface area contributed by atoms with Crippen molar-refractivity contribution in [3.63, 3.8) is 0 Å². The van der Waals surface area contributed by atoms with Crippen LogP contribution in [0.15, 0.2) is 79.3 Å². The number of nitro benzene ring substituents is 1. The lowest BCUT2D eigenvalue weighted by Gasteiger charge is -2.24. The standard InChI is InChI=1S/C26H22ClN5O3/c27-23-8-4-7-22(25(23)32(34)35)26(33)31-12-11-30(16-21-14-28-17-29-21)24-10-9-19(13-20(24)15-31)18-5-2-1-3-6-18/h1-10,13-14,17H,11-12,15-16H2,(H,28,29). The van der Waals surface area contributed by atoms with Gasteiger partial charge in [0.2, 0.25) is 0 Å². The van der Waals surface area contributed by atoms with E-state index in [0.29, 0.717) is 26.2 Å². The van der Waals surface area contributed by atoms with Gasteiger partial charge < -0.3 is 14.8 Å². The summed E-state index contributed by atoms with van der Waals surface area (Å²) in [5, 5.41) is 11.6. The molecule has 1 amide bonds. The van der Waals surface area contributed by atoms with Gasteiger partial charge in [0.25, 0.3) is 5.91 Å². The molecule has 0 bridgehead atoms. The number of nitrogens with one attached hydrogen (secondary N) is 1. The molecule has 2 heterocycles. The van der Waals surface area contributed by atoms with Gasteiger partial charge in [-0.05, 0) is 41.0 Å². The molecule has 5 rings (SSSR count). The molecule has 9 heteroatoms. The van der Waals surface area contributed by atoms with Crippen molar-refractivity contribution in [3.05, 3.63) is 111 Å². The van der Waals surface area contributed by atoms with E-state index in [1.165, 1.54) is 12.1 Å². The van der Waals surface area contributed by atoms with Crippen LogP contribution in [-0.2, 0) is 13.1 Å². The van der Waals surface area contributed by atoms with Crippen molar-refractivity contribution in [2.24, 2.45) is 0 Å². The zero-order valence-electron chi connectivity index (χ0n) is 18.7. The number of hydrogen-bond donors (Lipinski definition) is 1. The van der Waals surface area contributed by atoms with Crippen LogP contribution in [0.3, 0.4) is 0 Å². The molecule has 1 aliphatic rings. The van der Waals surface area contributed by atoms with E-state index in [-0.39, 0.29) is 16.3 Å². The lowest BCUT2D eigenvalue weighted by atomic mass is 10.0. The summed E-state index contributed by atoms with van der Waals surface area (Å²) in [6.45, 7) is 1.82. The first-order valence-corrected chi connectivity index (χ1v) is 11.5. The molecule has 0 fully saturated rings. The van der Waals surface area contributed by atoms with Crippen LogP contribution in [0.25, 0.3) is 11.1 Å². The Morgan fingerprint density at radius 1 is 1.06 bits per heavy atom. The summed E-state index contributed by atoms with van der Waals surface area (Å²) < 4.78 is 0. The number of para-hydroxylation sites is 1. The molecule has 1 aromatic heterocycles. The van der Waals surface area contributed by atoms with Crippen molar-refractivity contribution in [2.75, 3.05) is 18.0 Å². The predicted octanol–water partition coefficient (Wildman–Crippen LogP) is 5.30. The minimum atomic E-state index is -0.598. The largest absolute Gasteiger partial charge is 0.364 e. The number of halogens is 1.